The van der Waals surface area contributed by atoms with E-state index in [1.54, 1.807) is 18.2 Å². The Hall–Kier alpha value is -3.07. The van der Waals surface area contributed by atoms with Gasteiger partial charge in [0.1, 0.15) is 13.2 Å². The third kappa shape index (κ3) is 4.61. The molecule has 0 saturated carbocycles. The van der Waals surface area contributed by atoms with Gasteiger partial charge in [0, 0.05) is 18.0 Å². The first-order chi connectivity index (χ1) is 13.2. The number of fused-ring (bicyclic) bond motifs is 1. The third-order valence-electron chi connectivity index (χ3n) is 3.96. The van der Waals surface area contributed by atoms with Crippen LogP contribution < -0.4 is 14.8 Å². The first kappa shape index (κ1) is 19.7. The summed E-state index contributed by atoms with van der Waals surface area (Å²) in [5.74, 6) is -0.222. The molecule has 1 amide bonds. The van der Waals surface area contributed by atoms with E-state index < -0.39 is 27.8 Å². The van der Waals surface area contributed by atoms with Crippen molar-refractivity contribution in [1.29, 1.82) is 0 Å². The van der Waals surface area contributed by atoms with Crippen molar-refractivity contribution in [3.8, 4) is 11.5 Å². The molecular weight excluding hydrogens is 386 g/mol. The van der Waals surface area contributed by atoms with Gasteiger partial charge in [-0.25, -0.2) is 13.2 Å². The standard InChI is InChI=1S/C19H19NO7S/c1-12(27-19(22)13-4-3-5-15(10-13)28(2,23)24)18(21)20-14-6-7-16-17(11-14)26-9-8-25-16/h3-7,10-12H,8-9H2,1-2H3,(H,20,21)/t12-/m0/s1. The number of amides is 1. The van der Waals surface area contributed by atoms with Gasteiger partial charge >= 0.3 is 5.97 Å². The van der Waals surface area contributed by atoms with Crippen LogP contribution in [0.5, 0.6) is 11.5 Å². The second-order valence-corrected chi connectivity index (χ2v) is 8.21. The maximum Gasteiger partial charge on any atom is 0.338 e. The largest absolute Gasteiger partial charge is 0.486 e. The molecule has 0 aliphatic carbocycles. The average molecular weight is 405 g/mol. The normalized spacial score (nSPS) is 14.1. The predicted octanol–water partition coefficient (Wildman–Crippen LogP) is 2.05. The average Bonchev–Trinajstić information content (AvgIpc) is 2.67. The van der Waals surface area contributed by atoms with Gasteiger partial charge in [-0.2, -0.15) is 0 Å². The third-order valence-corrected chi connectivity index (χ3v) is 5.07. The van der Waals surface area contributed by atoms with Crippen LogP contribution >= 0.6 is 0 Å². The fourth-order valence-electron chi connectivity index (χ4n) is 2.50. The molecule has 1 atom stereocenters. The van der Waals surface area contributed by atoms with Crippen molar-refractivity contribution in [2.24, 2.45) is 0 Å². The summed E-state index contributed by atoms with van der Waals surface area (Å²) < 4.78 is 39.2. The lowest BCUT2D eigenvalue weighted by Crippen LogP contribution is -2.30. The smallest absolute Gasteiger partial charge is 0.338 e. The van der Waals surface area contributed by atoms with E-state index in [-0.39, 0.29) is 10.5 Å². The van der Waals surface area contributed by atoms with Gasteiger partial charge < -0.3 is 19.5 Å². The molecular formula is C19H19NO7S. The fraction of sp³-hybridized carbons (Fsp3) is 0.263. The van der Waals surface area contributed by atoms with Crippen molar-refractivity contribution in [1.82, 2.24) is 0 Å². The number of nitrogens with one attached hydrogen (secondary N) is 1. The second kappa shape index (κ2) is 7.89. The van der Waals surface area contributed by atoms with E-state index in [1.165, 1.54) is 31.2 Å². The minimum Gasteiger partial charge on any atom is -0.486 e. The Labute approximate surface area is 162 Å². The number of anilines is 1. The van der Waals surface area contributed by atoms with Crippen LogP contribution in [-0.2, 0) is 19.4 Å². The molecule has 2 aromatic rings. The summed E-state index contributed by atoms with van der Waals surface area (Å²) in [7, 11) is -3.46. The van der Waals surface area contributed by atoms with Crippen molar-refractivity contribution in [3.05, 3.63) is 48.0 Å². The van der Waals surface area contributed by atoms with Crippen LogP contribution in [0.4, 0.5) is 5.69 Å². The Morgan fingerprint density at radius 3 is 2.50 bits per heavy atom. The molecule has 0 bridgehead atoms. The van der Waals surface area contributed by atoms with Gasteiger partial charge in [0.15, 0.2) is 27.4 Å². The summed E-state index contributed by atoms with van der Waals surface area (Å²) >= 11 is 0. The highest BCUT2D eigenvalue weighted by atomic mass is 32.2. The van der Waals surface area contributed by atoms with E-state index in [1.807, 2.05) is 0 Å². The molecule has 0 saturated heterocycles. The molecule has 1 heterocycles. The first-order valence-corrected chi connectivity index (χ1v) is 10.3. The van der Waals surface area contributed by atoms with E-state index in [9.17, 15) is 18.0 Å². The van der Waals surface area contributed by atoms with Crippen LogP contribution in [0.25, 0.3) is 0 Å². The fourth-order valence-corrected chi connectivity index (χ4v) is 3.17. The van der Waals surface area contributed by atoms with Gasteiger partial charge in [-0.3, -0.25) is 4.79 Å². The molecule has 8 nitrogen and oxygen atoms in total. The van der Waals surface area contributed by atoms with Gasteiger partial charge in [0.25, 0.3) is 5.91 Å². The summed E-state index contributed by atoms with van der Waals surface area (Å²) in [6, 6.07) is 10.4. The second-order valence-electron chi connectivity index (χ2n) is 6.20. The van der Waals surface area contributed by atoms with Gasteiger partial charge in [-0.1, -0.05) is 6.07 Å². The van der Waals surface area contributed by atoms with Crippen LogP contribution in [0.2, 0.25) is 0 Å². The Kier molecular flexibility index (Phi) is 5.55. The molecule has 2 aromatic carbocycles. The maximum atomic E-state index is 12.3. The zero-order valence-electron chi connectivity index (χ0n) is 15.3. The van der Waals surface area contributed by atoms with Crippen molar-refractivity contribution in [3.63, 3.8) is 0 Å². The minimum absolute atomic E-state index is 0.00432. The van der Waals surface area contributed by atoms with Gasteiger partial charge in [0.2, 0.25) is 0 Å². The number of carbonyl (C=O) groups excluding carboxylic acids is 2. The monoisotopic (exact) mass is 405 g/mol. The van der Waals surface area contributed by atoms with E-state index >= 15 is 0 Å². The molecule has 1 aliphatic heterocycles. The first-order valence-electron chi connectivity index (χ1n) is 8.45. The van der Waals surface area contributed by atoms with Crippen LogP contribution in [0.15, 0.2) is 47.4 Å². The highest BCUT2D eigenvalue weighted by Crippen LogP contribution is 2.32. The Bertz CT molecular complexity index is 1020. The number of benzene rings is 2. The van der Waals surface area contributed by atoms with Crippen molar-refractivity contribution >= 4 is 27.4 Å². The summed E-state index contributed by atoms with van der Waals surface area (Å²) in [4.78, 5) is 24.6. The summed E-state index contributed by atoms with van der Waals surface area (Å²) in [6.07, 6.45) is -0.0523. The summed E-state index contributed by atoms with van der Waals surface area (Å²) in [5.41, 5.74) is 0.512. The number of carbonyl (C=O) groups is 2. The molecule has 0 fully saturated rings. The highest BCUT2D eigenvalue weighted by Gasteiger charge is 2.21. The Morgan fingerprint density at radius 1 is 1.07 bits per heavy atom. The number of rotatable bonds is 5. The van der Waals surface area contributed by atoms with Gasteiger partial charge in [-0.15, -0.1) is 0 Å². The number of hydrogen-bond acceptors (Lipinski definition) is 7. The van der Waals surface area contributed by atoms with Crippen LogP contribution in [-0.4, -0.2) is 45.9 Å². The topological polar surface area (TPSA) is 108 Å². The SMILES string of the molecule is C[C@H](OC(=O)c1cccc(S(C)(=O)=O)c1)C(=O)Nc1ccc2c(c1)OCCO2. The molecule has 28 heavy (non-hydrogen) atoms. The van der Waals surface area contributed by atoms with Gasteiger partial charge in [-0.05, 0) is 37.3 Å². The zero-order chi connectivity index (χ0) is 20.3. The Morgan fingerprint density at radius 2 is 1.79 bits per heavy atom. The van der Waals surface area contributed by atoms with E-state index in [0.717, 1.165) is 6.26 Å². The van der Waals surface area contributed by atoms with Crippen molar-refractivity contribution in [2.45, 2.75) is 17.9 Å². The number of esters is 1. The van der Waals surface area contributed by atoms with E-state index in [2.05, 4.69) is 5.32 Å². The molecule has 148 valence electrons. The molecule has 0 unspecified atom stereocenters. The molecule has 9 heteroatoms. The lowest BCUT2D eigenvalue weighted by atomic mass is 10.2. The molecule has 1 N–H and O–H groups in total. The maximum absolute atomic E-state index is 12.3. The molecule has 0 spiro atoms. The van der Waals surface area contributed by atoms with Crippen molar-refractivity contribution < 1.29 is 32.2 Å². The number of sulfone groups is 1. The van der Waals surface area contributed by atoms with Crippen LogP contribution in [0, 0.1) is 0 Å². The van der Waals surface area contributed by atoms with E-state index in [4.69, 9.17) is 14.2 Å². The molecule has 0 aromatic heterocycles. The predicted molar refractivity (Wildman–Crippen MR) is 100 cm³/mol. The minimum atomic E-state index is -3.46. The molecule has 3 rings (SSSR count). The number of ether oxygens (including phenoxy) is 3. The van der Waals surface area contributed by atoms with Crippen molar-refractivity contribution in [2.75, 3.05) is 24.8 Å². The summed E-state index contributed by atoms with van der Waals surface area (Å²) in [5, 5.41) is 2.64. The lowest BCUT2D eigenvalue weighted by Gasteiger charge is -2.19. The van der Waals surface area contributed by atoms with Crippen LogP contribution in [0.3, 0.4) is 0 Å². The van der Waals surface area contributed by atoms with E-state index in [0.29, 0.717) is 30.4 Å². The summed E-state index contributed by atoms with van der Waals surface area (Å²) in [6.45, 7) is 2.31. The Balaban J connectivity index is 1.65. The number of hydrogen-bond donors (Lipinski definition) is 1. The van der Waals surface area contributed by atoms with Crippen LogP contribution in [0.1, 0.15) is 17.3 Å². The molecule has 0 radical (unpaired) electrons. The highest BCUT2D eigenvalue weighted by molar-refractivity contribution is 7.90. The quantitative estimate of drug-likeness (QED) is 0.759. The van der Waals surface area contributed by atoms with Gasteiger partial charge in [0.05, 0.1) is 10.5 Å². The lowest BCUT2D eigenvalue weighted by molar-refractivity contribution is -0.123. The molecule has 1 aliphatic rings. The zero-order valence-corrected chi connectivity index (χ0v) is 16.1.